The van der Waals surface area contributed by atoms with Crippen LogP contribution in [0.3, 0.4) is 0 Å². The minimum atomic E-state index is -1.34. The monoisotopic (exact) mass is 183 g/mol. The second-order valence-corrected chi connectivity index (χ2v) is 2.68. The fourth-order valence-corrected chi connectivity index (χ4v) is 1.07. The van der Waals surface area contributed by atoms with Gasteiger partial charge in [0.1, 0.15) is 0 Å². The highest BCUT2D eigenvalue weighted by atomic mass is 16.5. The Hall–Kier alpha value is -1.65. The van der Waals surface area contributed by atoms with E-state index in [0.717, 1.165) is 7.11 Å². The van der Waals surface area contributed by atoms with Crippen LogP contribution in [-0.2, 0) is 19.1 Å². The smallest absolute Gasteiger partial charge is 0.326 e. The molecule has 0 radical (unpaired) electrons. The Morgan fingerprint density at radius 1 is 1.54 bits per heavy atom. The van der Waals surface area contributed by atoms with Crippen molar-refractivity contribution < 1.29 is 19.1 Å². The van der Waals surface area contributed by atoms with Gasteiger partial charge in [-0.2, -0.15) is 0 Å². The van der Waals surface area contributed by atoms with E-state index in [2.05, 4.69) is 10.1 Å². The summed E-state index contributed by atoms with van der Waals surface area (Å²) in [6.07, 6.45) is 1.21. The molecule has 5 heteroatoms. The highest BCUT2D eigenvalue weighted by Crippen LogP contribution is 2.10. The maximum Gasteiger partial charge on any atom is 0.326 e. The molecule has 0 fully saturated rings. The third-order valence-electron chi connectivity index (χ3n) is 1.66. The minimum Gasteiger partial charge on any atom is -0.468 e. The first kappa shape index (κ1) is 9.44. The third kappa shape index (κ3) is 1.74. The SMILES string of the molecule is COC(=O)C1C(=O)C=C(C)NC1=O. The van der Waals surface area contributed by atoms with Crippen molar-refractivity contribution in [3.8, 4) is 0 Å². The molecule has 1 atom stereocenters. The van der Waals surface area contributed by atoms with Crippen LogP contribution in [0.25, 0.3) is 0 Å². The van der Waals surface area contributed by atoms with Gasteiger partial charge in [-0.05, 0) is 6.92 Å². The number of amides is 1. The molecule has 0 saturated heterocycles. The number of carbonyl (C=O) groups excluding carboxylic acids is 3. The number of carbonyl (C=O) groups is 3. The molecule has 1 heterocycles. The summed E-state index contributed by atoms with van der Waals surface area (Å²) < 4.78 is 4.32. The summed E-state index contributed by atoms with van der Waals surface area (Å²) in [6, 6.07) is 0. The van der Waals surface area contributed by atoms with Crippen molar-refractivity contribution in [1.29, 1.82) is 0 Å². The molecule has 70 valence electrons. The van der Waals surface area contributed by atoms with Crippen molar-refractivity contribution >= 4 is 17.7 Å². The Labute approximate surface area is 74.7 Å². The van der Waals surface area contributed by atoms with E-state index >= 15 is 0 Å². The fraction of sp³-hybridized carbons (Fsp3) is 0.375. The van der Waals surface area contributed by atoms with Gasteiger partial charge in [-0.1, -0.05) is 0 Å². The molecule has 13 heavy (non-hydrogen) atoms. The van der Waals surface area contributed by atoms with Crippen LogP contribution in [0.5, 0.6) is 0 Å². The molecule has 1 rings (SSSR count). The first-order valence-electron chi connectivity index (χ1n) is 3.67. The van der Waals surface area contributed by atoms with Crippen molar-refractivity contribution in [2.75, 3.05) is 7.11 Å². The van der Waals surface area contributed by atoms with E-state index in [1.165, 1.54) is 6.08 Å². The predicted molar refractivity (Wildman–Crippen MR) is 42.4 cm³/mol. The van der Waals surface area contributed by atoms with Crippen LogP contribution in [0.2, 0.25) is 0 Å². The van der Waals surface area contributed by atoms with Gasteiger partial charge in [-0.15, -0.1) is 0 Å². The van der Waals surface area contributed by atoms with Crippen molar-refractivity contribution in [2.45, 2.75) is 6.92 Å². The summed E-state index contributed by atoms with van der Waals surface area (Å²) in [7, 11) is 1.13. The third-order valence-corrected chi connectivity index (χ3v) is 1.66. The number of rotatable bonds is 1. The molecular weight excluding hydrogens is 174 g/mol. The predicted octanol–water partition coefficient (Wildman–Crippen LogP) is -0.622. The topological polar surface area (TPSA) is 72.5 Å². The maximum absolute atomic E-state index is 11.2. The number of methoxy groups -OCH3 is 1. The normalized spacial score (nSPS) is 22.0. The molecular formula is C8H9NO4. The summed E-state index contributed by atoms with van der Waals surface area (Å²) >= 11 is 0. The Bertz CT molecular complexity index is 305. The van der Waals surface area contributed by atoms with Crippen molar-refractivity contribution in [1.82, 2.24) is 5.32 Å². The second kappa shape index (κ2) is 3.38. The number of ether oxygens (including phenoxy) is 1. The first-order valence-corrected chi connectivity index (χ1v) is 3.67. The van der Waals surface area contributed by atoms with Crippen molar-refractivity contribution in [3.63, 3.8) is 0 Å². The lowest BCUT2D eigenvalue weighted by molar-refractivity contribution is -0.152. The Kier molecular flexibility index (Phi) is 2.46. The van der Waals surface area contributed by atoms with Crippen LogP contribution in [0.15, 0.2) is 11.8 Å². The Morgan fingerprint density at radius 2 is 2.15 bits per heavy atom. The van der Waals surface area contributed by atoms with Gasteiger partial charge in [0.25, 0.3) is 0 Å². The number of nitrogens with one attached hydrogen (secondary N) is 1. The van der Waals surface area contributed by atoms with Gasteiger partial charge in [0.15, 0.2) is 11.7 Å². The molecule has 0 bridgehead atoms. The minimum absolute atomic E-state index is 0.440. The van der Waals surface area contributed by atoms with E-state index in [-0.39, 0.29) is 0 Å². The summed E-state index contributed by atoms with van der Waals surface area (Å²) in [6.45, 7) is 1.57. The van der Waals surface area contributed by atoms with Crippen LogP contribution in [0.1, 0.15) is 6.92 Å². The van der Waals surface area contributed by atoms with Crippen LogP contribution in [0.4, 0.5) is 0 Å². The van der Waals surface area contributed by atoms with E-state index in [0.29, 0.717) is 5.70 Å². The van der Waals surface area contributed by atoms with E-state index in [1.54, 1.807) is 6.92 Å². The average Bonchev–Trinajstić information content (AvgIpc) is 2.02. The molecule has 1 aliphatic rings. The van der Waals surface area contributed by atoms with Crippen molar-refractivity contribution in [3.05, 3.63) is 11.8 Å². The number of allylic oxidation sites excluding steroid dienone is 2. The van der Waals surface area contributed by atoms with Crippen LogP contribution in [-0.4, -0.2) is 24.8 Å². The summed E-state index contributed by atoms with van der Waals surface area (Å²) in [5, 5.41) is 2.38. The number of hydrogen-bond donors (Lipinski definition) is 1. The zero-order valence-electron chi connectivity index (χ0n) is 7.29. The highest BCUT2D eigenvalue weighted by Gasteiger charge is 2.36. The molecule has 0 spiro atoms. The quantitative estimate of drug-likeness (QED) is 0.434. The van der Waals surface area contributed by atoms with Crippen LogP contribution < -0.4 is 5.32 Å². The number of esters is 1. The summed E-state index contributed by atoms with van der Waals surface area (Å²) in [4.78, 5) is 33.3. The molecule has 1 N–H and O–H groups in total. The molecule has 0 aromatic rings. The average molecular weight is 183 g/mol. The van der Waals surface area contributed by atoms with Gasteiger partial charge in [0.2, 0.25) is 5.91 Å². The Morgan fingerprint density at radius 3 is 2.62 bits per heavy atom. The fourth-order valence-electron chi connectivity index (χ4n) is 1.07. The zero-order chi connectivity index (χ0) is 10.0. The lowest BCUT2D eigenvalue weighted by atomic mass is 9.99. The molecule has 0 aromatic carbocycles. The molecule has 1 amide bonds. The number of ketones is 1. The van der Waals surface area contributed by atoms with Crippen molar-refractivity contribution in [2.24, 2.45) is 5.92 Å². The van der Waals surface area contributed by atoms with Crippen LogP contribution in [0, 0.1) is 5.92 Å². The standard InChI is InChI=1S/C8H9NO4/c1-4-3-5(10)6(7(11)9-4)8(12)13-2/h3,6H,1-2H3,(H,9,11). The van der Waals surface area contributed by atoms with Gasteiger partial charge >= 0.3 is 5.97 Å². The molecule has 0 aromatic heterocycles. The van der Waals surface area contributed by atoms with Gasteiger partial charge in [-0.25, -0.2) is 0 Å². The molecule has 1 aliphatic heterocycles. The van der Waals surface area contributed by atoms with E-state index in [4.69, 9.17) is 0 Å². The van der Waals surface area contributed by atoms with E-state index < -0.39 is 23.6 Å². The van der Waals surface area contributed by atoms with Gasteiger partial charge in [0.05, 0.1) is 7.11 Å². The molecule has 0 saturated carbocycles. The lowest BCUT2D eigenvalue weighted by Crippen LogP contribution is -2.43. The van der Waals surface area contributed by atoms with Gasteiger partial charge in [0, 0.05) is 11.8 Å². The zero-order valence-corrected chi connectivity index (χ0v) is 7.29. The van der Waals surface area contributed by atoms with E-state index in [1.807, 2.05) is 0 Å². The first-order chi connectivity index (χ1) is 6.06. The highest BCUT2D eigenvalue weighted by molar-refractivity contribution is 6.22. The van der Waals surface area contributed by atoms with Gasteiger partial charge < -0.3 is 10.1 Å². The number of hydrogen-bond acceptors (Lipinski definition) is 4. The summed E-state index contributed by atoms with van der Waals surface area (Å²) in [5.41, 5.74) is 0.440. The molecule has 0 aliphatic carbocycles. The lowest BCUT2D eigenvalue weighted by Gasteiger charge is -2.16. The molecule has 5 nitrogen and oxygen atoms in total. The Balaban J connectivity index is 2.93. The summed E-state index contributed by atoms with van der Waals surface area (Å²) in [5.74, 6) is -3.33. The van der Waals surface area contributed by atoms with E-state index in [9.17, 15) is 14.4 Å². The van der Waals surface area contributed by atoms with Gasteiger partial charge in [-0.3, -0.25) is 14.4 Å². The largest absolute Gasteiger partial charge is 0.468 e. The maximum atomic E-state index is 11.2. The molecule has 1 unspecified atom stereocenters. The van der Waals surface area contributed by atoms with Crippen LogP contribution >= 0.6 is 0 Å². The second-order valence-electron chi connectivity index (χ2n) is 2.68.